The molecule has 2 heterocycles. The first kappa shape index (κ1) is 20.0. The summed E-state index contributed by atoms with van der Waals surface area (Å²) in [6.45, 7) is 3.67. The minimum Gasteiger partial charge on any atom is -0.329 e. The molecule has 1 aliphatic heterocycles. The zero-order valence-corrected chi connectivity index (χ0v) is 15.8. The average molecular weight is 403 g/mol. The third kappa shape index (κ3) is 4.78. The SMILES string of the molecule is CCOP(=O)(Cc1ccc(-c2noc(C(F)(F)F)n2)cc1)N1CCCCC1. The van der Waals surface area contributed by atoms with Gasteiger partial charge in [-0.25, -0.2) is 4.67 Å². The molecular weight excluding hydrogens is 382 g/mol. The fourth-order valence-corrected chi connectivity index (χ4v) is 5.48. The summed E-state index contributed by atoms with van der Waals surface area (Å²) >= 11 is 0. The monoisotopic (exact) mass is 403 g/mol. The van der Waals surface area contributed by atoms with Crippen LogP contribution in [0.3, 0.4) is 0 Å². The Morgan fingerprint density at radius 2 is 1.85 bits per heavy atom. The predicted octanol–water partition coefficient (Wildman–Crippen LogP) is 4.97. The molecule has 0 amide bonds. The molecule has 0 aliphatic carbocycles. The minimum atomic E-state index is -4.68. The van der Waals surface area contributed by atoms with Crippen LogP contribution in [0.25, 0.3) is 11.4 Å². The lowest BCUT2D eigenvalue weighted by molar-refractivity contribution is -0.159. The van der Waals surface area contributed by atoms with E-state index in [1.54, 1.807) is 24.3 Å². The van der Waals surface area contributed by atoms with Gasteiger partial charge in [-0.3, -0.25) is 4.57 Å². The van der Waals surface area contributed by atoms with Crippen LogP contribution in [0.15, 0.2) is 28.8 Å². The highest BCUT2D eigenvalue weighted by Crippen LogP contribution is 2.54. The summed E-state index contributed by atoms with van der Waals surface area (Å²) in [7, 11) is -2.99. The molecule has 1 aromatic carbocycles. The maximum Gasteiger partial charge on any atom is 0.471 e. The zero-order chi connectivity index (χ0) is 19.5. The van der Waals surface area contributed by atoms with Gasteiger partial charge < -0.3 is 9.05 Å². The summed E-state index contributed by atoms with van der Waals surface area (Å²) in [5.74, 6) is -1.52. The topological polar surface area (TPSA) is 68.5 Å². The van der Waals surface area contributed by atoms with E-state index in [2.05, 4.69) is 14.7 Å². The number of aromatic nitrogens is 2. The first-order valence-corrected chi connectivity index (χ1v) is 10.6. The first-order chi connectivity index (χ1) is 12.8. The zero-order valence-electron chi connectivity index (χ0n) is 14.9. The Balaban J connectivity index is 1.76. The van der Waals surface area contributed by atoms with E-state index in [0.29, 0.717) is 12.2 Å². The number of benzene rings is 1. The second-order valence-corrected chi connectivity index (χ2v) is 8.76. The molecule has 1 aromatic heterocycles. The van der Waals surface area contributed by atoms with Crippen LogP contribution in [-0.2, 0) is 21.4 Å². The van der Waals surface area contributed by atoms with Gasteiger partial charge in [0.05, 0.1) is 12.8 Å². The van der Waals surface area contributed by atoms with Crippen LogP contribution in [0.1, 0.15) is 37.6 Å². The summed E-state index contributed by atoms with van der Waals surface area (Å²) in [6.07, 6.45) is -1.31. The average Bonchev–Trinajstić information content (AvgIpc) is 3.14. The van der Waals surface area contributed by atoms with Gasteiger partial charge in [-0.15, -0.1) is 0 Å². The lowest BCUT2D eigenvalue weighted by Gasteiger charge is -2.33. The van der Waals surface area contributed by atoms with Gasteiger partial charge in [-0.05, 0) is 25.3 Å². The van der Waals surface area contributed by atoms with Crippen molar-refractivity contribution >= 4 is 7.52 Å². The maximum atomic E-state index is 13.3. The number of piperidine rings is 1. The molecule has 0 radical (unpaired) electrons. The summed E-state index contributed by atoms with van der Waals surface area (Å²) < 4.78 is 62.9. The smallest absolute Gasteiger partial charge is 0.329 e. The number of hydrogen-bond acceptors (Lipinski definition) is 5. The first-order valence-electron chi connectivity index (χ1n) is 8.81. The van der Waals surface area contributed by atoms with Crippen molar-refractivity contribution in [3.05, 3.63) is 35.7 Å². The van der Waals surface area contributed by atoms with Crippen LogP contribution in [0.4, 0.5) is 13.2 Å². The summed E-state index contributed by atoms with van der Waals surface area (Å²) in [6, 6.07) is 6.59. The second-order valence-electron chi connectivity index (χ2n) is 6.35. The maximum absolute atomic E-state index is 13.3. The Morgan fingerprint density at radius 1 is 1.19 bits per heavy atom. The summed E-state index contributed by atoms with van der Waals surface area (Å²) in [4.78, 5) is 3.37. The van der Waals surface area contributed by atoms with Gasteiger partial charge in [0.25, 0.3) is 7.52 Å². The Kier molecular flexibility index (Phi) is 6.03. The Bertz CT molecular complexity index is 802. The third-order valence-electron chi connectivity index (χ3n) is 4.36. The van der Waals surface area contributed by atoms with E-state index in [1.807, 2.05) is 11.6 Å². The number of hydrogen-bond donors (Lipinski definition) is 0. The van der Waals surface area contributed by atoms with Gasteiger partial charge in [0.1, 0.15) is 0 Å². The van der Waals surface area contributed by atoms with Gasteiger partial charge in [0, 0.05) is 18.7 Å². The number of nitrogens with zero attached hydrogens (tertiary/aromatic N) is 3. The van der Waals surface area contributed by atoms with Crippen molar-refractivity contribution in [1.82, 2.24) is 14.8 Å². The van der Waals surface area contributed by atoms with Crippen molar-refractivity contribution in [3.63, 3.8) is 0 Å². The molecule has 1 fully saturated rings. The lowest BCUT2D eigenvalue weighted by atomic mass is 10.1. The van der Waals surface area contributed by atoms with E-state index in [1.165, 1.54) is 0 Å². The molecule has 0 bridgehead atoms. The van der Waals surface area contributed by atoms with E-state index in [4.69, 9.17) is 4.52 Å². The van der Waals surface area contributed by atoms with E-state index in [-0.39, 0.29) is 12.0 Å². The second kappa shape index (κ2) is 8.12. The standard InChI is InChI=1S/C17H21F3N3O3P/c1-2-25-27(24,23-10-4-3-5-11-23)12-13-6-8-14(9-7-13)15-21-16(26-22-15)17(18,19)20/h6-9H,2-5,10-12H2,1H3. The van der Waals surface area contributed by atoms with Gasteiger partial charge in [0.15, 0.2) is 0 Å². The molecular formula is C17H21F3N3O3P. The van der Waals surface area contributed by atoms with Crippen molar-refractivity contribution in [2.45, 2.75) is 38.5 Å². The number of rotatable bonds is 6. The molecule has 0 spiro atoms. The number of alkyl halides is 3. The normalized spacial score (nSPS) is 18.4. The van der Waals surface area contributed by atoms with Crippen LogP contribution in [-0.4, -0.2) is 34.5 Å². The molecule has 1 unspecified atom stereocenters. The van der Waals surface area contributed by atoms with E-state index in [0.717, 1.165) is 37.9 Å². The summed E-state index contributed by atoms with van der Waals surface area (Å²) in [5, 5.41) is 3.37. The fraction of sp³-hybridized carbons (Fsp3) is 0.529. The van der Waals surface area contributed by atoms with Crippen molar-refractivity contribution in [2.75, 3.05) is 19.7 Å². The van der Waals surface area contributed by atoms with Crippen molar-refractivity contribution < 1.29 is 26.8 Å². The van der Waals surface area contributed by atoms with Crippen LogP contribution < -0.4 is 0 Å². The largest absolute Gasteiger partial charge is 0.471 e. The summed E-state index contributed by atoms with van der Waals surface area (Å²) in [5.41, 5.74) is 1.17. The van der Waals surface area contributed by atoms with Crippen LogP contribution >= 0.6 is 7.52 Å². The van der Waals surface area contributed by atoms with Crippen LogP contribution in [0.5, 0.6) is 0 Å². The highest BCUT2D eigenvalue weighted by molar-refractivity contribution is 7.55. The lowest BCUT2D eigenvalue weighted by Crippen LogP contribution is -2.28. The van der Waals surface area contributed by atoms with E-state index < -0.39 is 19.6 Å². The van der Waals surface area contributed by atoms with Crippen molar-refractivity contribution in [3.8, 4) is 11.4 Å². The molecule has 27 heavy (non-hydrogen) atoms. The molecule has 0 saturated carbocycles. The van der Waals surface area contributed by atoms with Crippen molar-refractivity contribution in [2.24, 2.45) is 0 Å². The molecule has 1 aliphatic rings. The van der Waals surface area contributed by atoms with Gasteiger partial charge in [-0.2, -0.15) is 18.2 Å². The predicted molar refractivity (Wildman–Crippen MR) is 93.1 cm³/mol. The molecule has 1 atom stereocenters. The number of halogens is 3. The van der Waals surface area contributed by atoms with E-state index >= 15 is 0 Å². The highest BCUT2D eigenvalue weighted by atomic mass is 31.2. The molecule has 148 valence electrons. The fourth-order valence-electron chi connectivity index (χ4n) is 3.06. The van der Waals surface area contributed by atoms with Gasteiger partial charge in [-0.1, -0.05) is 35.8 Å². The molecule has 10 heteroatoms. The Hall–Kier alpha value is -1.70. The Labute approximate surface area is 155 Å². The molecule has 2 aromatic rings. The quantitative estimate of drug-likeness (QED) is 0.635. The molecule has 3 rings (SSSR count). The van der Waals surface area contributed by atoms with Crippen molar-refractivity contribution in [1.29, 1.82) is 0 Å². The van der Waals surface area contributed by atoms with E-state index in [9.17, 15) is 17.7 Å². The molecule has 0 N–H and O–H groups in total. The van der Waals surface area contributed by atoms with Crippen LogP contribution in [0.2, 0.25) is 0 Å². The highest BCUT2D eigenvalue weighted by Gasteiger charge is 2.38. The molecule has 6 nitrogen and oxygen atoms in total. The molecule has 1 saturated heterocycles. The third-order valence-corrected chi connectivity index (χ3v) is 7.05. The van der Waals surface area contributed by atoms with Crippen LogP contribution in [0, 0.1) is 0 Å². The minimum absolute atomic E-state index is 0.141. The Morgan fingerprint density at radius 3 is 2.41 bits per heavy atom. The van der Waals surface area contributed by atoms with Gasteiger partial charge in [0.2, 0.25) is 5.82 Å². The van der Waals surface area contributed by atoms with Gasteiger partial charge >= 0.3 is 12.1 Å².